The van der Waals surface area contributed by atoms with Crippen LogP contribution in [0.2, 0.25) is 0 Å². The van der Waals surface area contributed by atoms with Crippen molar-refractivity contribution in [2.24, 2.45) is 13.0 Å². The van der Waals surface area contributed by atoms with Crippen LogP contribution in [0.1, 0.15) is 23.8 Å². The molecule has 7 nitrogen and oxygen atoms in total. The molecule has 1 fully saturated rings. The third kappa shape index (κ3) is 3.95. The number of aryl methyl sites for hydroxylation is 2. The van der Waals surface area contributed by atoms with E-state index < -0.39 is 41.5 Å². The highest BCUT2D eigenvalue weighted by Gasteiger charge is 2.43. The van der Waals surface area contributed by atoms with Crippen molar-refractivity contribution in [2.45, 2.75) is 31.8 Å². The molecule has 1 amide bonds. The maximum absolute atomic E-state index is 13.1. The van der Waals surface area contributed by atoms with Crippen molar-refractivity contribution >= 4 is 22.6 Å². The fourth-order valence-electron chi connectivity index (χ4n) is 3.46. The third-order valence-electron chi connectivity index (χ3n) is 5.42. The molecule has 0 unspecified atom stereocenters. The monoisotopic (exact) mass is 450 g/mol. The van der Waals surface area contributed by atoms with Gasteiger partial charge in [-0.3, -0.25) is 14.6 Å². The minimum Gasteiger partial charge on any atom is -0.378 e. The van der Waals surface area contributed by atoms with Crippen LogP contribution in [0.15, 0.2) is 35.4 Å². The van der Waals surface area contributed by atoms with Crippen LogP contribution in [0.5, 0.6) is 0 Å². The molecule has 1 saturated carbocycles. The highest BCUT2D eigenvalue weighted by molar-refractivity contribution is 5.95. The SMILES string of the molecule is Cc1cc([C@@H](O)C(F)(F)F)ncc1-c1cc2cnc(NC(=O)[C@@H]3C[C@H]3F)cc2n(C)c1=O. The van der Waals surface area contributed by atoms with Crippen molar-refractivity contribution in [3.63, 3.8) is 0 Å². The summed E-state index contributed by atoms with van der Waals surface area (Å²) in [6.07, 6.45) is -6.01. The van der Waals surface area contributed by atoms with Crippen LogP contribution in [0, 0.1) is 12.8 Å². The Kier molecular flexibility index (Phi) is 5.24. The average Bonchev–Trinajstić information content (AvgIpc) is 3.47. The molecule has 3 heterocycles. The predicted molar refractivity (Wildman–Crippen MR) is 108 cm³/mol. The Morgan fingerprint density at radius 3 is 2.50 bits per heavy atom. The number of halogens is 4. The quantitative estimate of drug-likeness (QED) is 0.595. The number of hydrogen-bond donors (Lipinski definition) is 2. The fraction of sp³-hybridized carbons (Fsp3) is 0.333. The number of pyridine rings is 3. The number of hydrogen-bond acceptors (Lipinski definition) is 5. The zero-order valence-electron chi connectivity index (χ0n) is 16.9. The summed E-state index contributed by atoms with van der Waals surface area (Å²) in [4.78, 5) is 32.7. The molecule has 0 bridgehead atoms. The smallest absolute Gasteiger partial charge is 0.378 e. The largest absolute Gasteiger partial charge is 0.420 e. The van der Waals surface area contributed by atoms with E-state index in [0.717, 1.165) is 12.3 Å². The van der Waals surface area contributed by atoms with E-state index in [2.05, 4.69) is 15.3 Å². The van der Waals surface area contributed by atoms with E-state index in [0.29, 0.717) is 22.0 Å². The number of aliphatic hydroxyl groups excluding tert-OH is 1. The van der Waals surface area contributed by atoms with E-state index in [4.69, 9.17) is 0 Å². The summed E-state index contributed by atoms with van der Waals surface area (Å²) in [5.74, 6) is -0.991. The van der Waals surface area contributed by atoms with Crippen LogP contribution < -0.4 is 10.9 Å². The van der Waals surface area contributed by atoms with Gasteiger partial charge in [-0.15, -0.1) is 0 Å². The fourth-order valence-corrected chi connectivity index (χ4v) is 3.46. The van der Waals surface area contributed by atoms with Crippen LogP contribution in [-0.2, 0) is 11.8 Å². The van der Waals surface area contributed by atoms with Crippen molar-refractivity contribution in [3.8, 4) is 11.1 Å². The molecule has 11 heteroatoms. The normalized spacial score (nSPS) is 19.1. The second kappa shape index (κ2) is 7.66. The number of amides is 1. The van der Waals surface area contributed by atoms with Crippen molar-refractivity contribution in [1.82, 2.24) is 14.5 Å². The van der Waals surface area contributed by atoms with Gasteiger partial charge in [0.25, 0.3) is 5.56 Å². The number of anilines is 1. The summed E-state index contributed by atoms with van der Waals surface area (Å²) >= 11 is 0. The lowest BCUT2D eigenvalue weighted by Crippen LogP contribution is -2.22. The number of aromatic nitrogens is 3. The first kappa shape index (κ1) is 21.9. The molecule has 3 atom stereocenters. The first-order valence-electron chi connectivity index (χ1n) is 9.63. The van der Waals surface area contributed by atoms with Gasteiger partial charge in [0.2, 0.25) is 5.91 Å². The molecular weight excluding hydrogens is 432 g/mol. The van der Waals surface area contributed by atoms with Crippen LogP contribution in [-0.4, -0.2) is 37.9 Å². The number of rotatable bonds is 4. The number of carbonyl (C=O) groups is 1. The first-order valence-corrected chi connectivity index (χ1v) is 9.63. The number of fused-ring (bicyclic) bond motifs is 1. The summed E-state index contributed by atoms with van der Waals surface area (Å²) in [6.45, 7) is 1.51. The molecule has 0 spiro atoms. The second-order valence-electron chi connectivity index (χ2n) is 7.77. The van der Waals surface area contributed by atoms with E-state index in [-0.39, 0.29) is 17.8 Å². The van der Waals surface area contributed by atoms with Gasteiger partial charge in [0.1, 0.15) is 12.0 Å². The lowest BCUT2D eigenvalue weighted by molar-refractivity contribution is -0.207. The van der Waals surface area contributed by atoms with E-state index in [1.165, 1.54) is 36.9 Å². The van der Waals surface area contributed by atoms with E-state index in [9.17, 15) is 32.3 Å². The van der Waals surface area contributed by atoms with Crippen LogP contribution in [0.4, 0.5) is 23.4 Å². The first-order chi connectivity index (χ1) is 15.0. The molecule has 168 valence electrons. The van der Waals surface area contributed by atoms with Gasteiger partial charge in [0.15, 0.2) is 6.10 Å². The maximum Gasteiger partial charge on any atom is 0.420 e. The molecule has 4 rings (SSSR count). The number of nitrogens with zero attached hydrogens (tertiary/aromatic N) is 3. The number of nitrogens with one attached hydrogen (secondary N) is 1. The van der Waals surface area contributed by atoms with E-state index in [1.807, 2.05) is 0 Å². The lowest BCUT2D eigenvalue weighted by Gasteiger charge is -2.16. The Morgan fingerprint density at radius 1 is 1.22 bits per heavy atom. The minimum atomic E-state index is -4.86. The van der Waals surface area contributed by atoms with Crippen molar-refractivity contribution in [1.29, 1.82) is 0 Å². The number of alkyl halides is 4. The standard InChI is InChI=1S/C21H18F4N4O3/c1-9-3-15(18(30)21(23,24)25)26-8-13(9)11-4-10-7-27-17(6-16(10)29(2)20(11)32)28-19(31)12-5-14(12)22/h3-4,6-8,12,14,18,30H,5H2,1-2H3,(H,27,28,31)/t12-,14-,18-/m1/s1. The minimum absolute atomic E-state index is 0.174. The van der Waals surface area contributed by atoms with Gasteiger partial charge < -0.3 is 15.0 Å². The van der Waals surface area contributed by atoms with Crippen molar-refractivity contribution in [2.75, 3.05) is 5.32 Å². The zero-order chi connectivity index (χ0) is 23.4. The molecule has 3 aromatic rings. The van der Waals surface area contributed by atoms with Gasteiger partial charge in [0, 0.05) is 42.0 Å². The Labute approximate surface area is 178 Å². The molecule has 0 aliphatic heterocycles. The summed E-state index contributed by atoms with van der Waals surface area (Å²) in [5.41, 5.74) is 0.273. The van der Waals surface area contributed by atoms with Crippen LogP contribution >= 0.6 is 0 Å². The van der Waals surface area contributed by atoms with E-state index in [1.54, 1.807) is 0 Å². The Bertz CT molecular complexity index is 1290. The lowest BCUT2D eigenvalue weighted by atomic mass is 10.0. The van der Waals surface area contributed by atoms with Crippen LogP contribution in [0.3, 0.4) is 0 Å². The van der Waals surface area contributed by atoms with Gasteiger partial charge in [0.05, 0.1) is 17.1 Å². The highest BCUT2D eigenvalue weighted by atomic mass is 19.4. The molecule has 1 aliphatic carbocycles. The number of aliphatic hydroxyl groups is 1. The molecule has 3 aromatic heterocycles. The van der Waals surface area contributed by atoms with Gasteiger partial charge in [-0.05, 0) is 31.0 Å². The van der Waals surface area contributed by atoms with Crippen molar-refractivity contribution < 1.29 is 27.5 Å². The van der Waals surface area contributed by atoms with Crippen molar-refractivity contribution in [3.05, 3.63) is 52.2 Å². The Hall–Kier alpha value is -3.34. The predicted octanol–water partition coefficient (Wildman–Crippen LogP) is 3.20. The summed E-state index contributed by atoms with van der Waals surface area (Å²) < 4.78 is 52.7. The summed E-state index contributed by atoms with van der Waals surface area (Å²) in [5, 5.41) is 12.5. The van der Waals surface area contributed by atoms with Gasteiger partial charge >= 0.3 is 6.18 Å². The third-order valence-corrected chi connectivity index (χ3v) is 5.42. The zero-order valence-corrected chi connectivity index (χ0v) is 16.9. The van der Waals surface area contributed by atoms with Gasteiger partial charge in [-0.25, -0.2) is 9.37 Å². The molecular formula is C21H18F4N4O3. The average molecular weight is 450 g/mol. The summed E-state index contributed by atoms with van der Waals surface area (Å²) in [7, 11) is 1.50. The van der Waals surface area contributed by atoms with E-state index >= 15 is 0 Å². The molecule has 1 aliphatic rings. The van der Waals surface area contributed by atoms with Gasteiger partial charge in [-0.1, -0.05) is 0 Å². The molecule has 0 aromatic carbocycles. The second-order valence-corrected chi connectivity index (χ2v) is 7.77. The summed E-state index contributed by atoms with van der Waals surface area (Å²) in [6, 6.07) is 4.10. The Balaban J connectivity index is 1.71. The van der Waals surface area contributed by atoms with Gasteiger partial charge in [-0.2, -0.15) is 13.2 Å². The Morgan fingerprint density at radius 2 is 1.91 bits per heavy atom. The topological polar surface area (TPSA) is 97.1 Å². The number of carbonyl (C=O) groups excluding carboxylic acids is 1. The molecule has 0 radical (unpaired) electrons. The molecule has 2 N–H and O–H groups in total. The molecule has 32 heavy (non-hydrogen) atoms. The molecule has 0 saturated heterocycles. The maximum atomic E-state index is 13.1. The highest BCUT2D eigenvalue weighted by Crippen LogP contribution is 2.35. The van der Waals surface area contributed by atoms with Crippen LogP contribution in [0.25, 0.3) is 22.0 Å².